The number of aromatic nitrogens is 1. The van der Waals surface area contributed by atoms with E-state index in [0.29, 0.717) is 36.0 Å². The molecule has 1 atom stereocenters. The number of amides is 1. The van der Waals surface area contributed by atoms with Crippen LogP contribution >= 0.6 is 0 Å². The van der Waals surface area contributed by atoms with Gasteiger partial charge in [0.05, 0.1) is 36.8 Å². The number of rotatable bonds is 9. The fourth-order valence-corrected chi connectivity index (χ4v) is 6.73. The molecule has 3 aromatic rings. The molecular weight excluding hydrogens is 506 g/mol. The predicted octanol–water partition coefficient (Wildman–Crippen LogP) is 3.83. The van der Waals surface area contributed by atoms with Gasteiger partial charge in [0.15, 0.2) is 11.5 Å². The van der Waals surface area contributed by atoms with Gasteiger partial charge in [0.1, 0.15) is 5.82 Å². The molecule has 0 bridgehead atoms. The van der Waals surface area contributed by atoms with Crippen LogP contribution in [0, 0.1) is 0 Å². The highest BCUT2D eigenvalue weighted by atomic mass is 32.2. The van der Waals surface area contributed by atoms with Crippen molar-refractivity contribution >= 4 is 21.7 Å². The average Bonchev–Trinajstić information content (AvgIpc) is 3.62. The zero-order valence-electron chi connectivity index (χ0n) is 21.4. The second-order valence-corrected chi connectivity index (χ2v) is 11.5. The molecule has 202 valence electrons. The average molecular weight is 540 g/mol. The first-order chi connectivity index (χ1) is 18.3. The van der Waals surface area contributed by atoms with E-state index in [1.54, 1.807) is 56.7 Å². The van der Waals surface area contributed by atoms with Crippen LogP contribution in [0.2, 0.25) is 0 Å². The summed E-state index contributed by atoms with van der Waals surface area (Å²) < 4.78 is 38.2. The van der Waals surface area contributed by atoms with Crippen LogP contribution in [0.5, 0.6) is 11.5 Å². The third-order valence-corrected chi connectivity index (χ3v) is 9.37. The number of hydrogen-bond acceptors (Lipinski definition) is 7. The summed E-state index contributed by atoms with van der Waals surface area (Å²) in [5, 5.41) is 12.5. The number of carbonyl (C=O) groups excluding carboxylic acids is 1. The summed E-state index contributed by atoms with van der Waals surface area (Å²) in [6, 6.07) is 17.0. The Labute approximate surface area is 224 Å². The van der Waals surface area contributed by atoms with Crippen LogP contribution in [0.4, 0.5) is 5.82 Å². The maximum Gasteiger partial charge on any atom is 0.243 e. The van der Waals surface area contributed by atoms with Gasteiger partial charge in [-0.05, 0) is 67.6 Å². The molecule has 0 spiro atoms. The maximum atomic E-state index is 13.3. The van der Waals surface area contributed by atoms with Crippen molar-refractivity contribution in [1.29, 1.82) is 0 Å². The van der Waals surface area contributed by atoms with Gasteiger partial charge in [0.25, 0.3) is 0 Å². The lowest BCUT2D eigenvalue weighted by Crippen LogP contribution is -2.37. The zero-order valence-corrected chi connectivity index (χ0v) is 22.2. The molecule has 0 radical (unpaired) electrons. The Morgan fingerprint density at radius 3 is 2.50 bits per heavy atom. The summed E-state index contributed by atoms with van der Waals surface area (Å²) >= 11 is 0. The Morgan fingerprint density at radius 1 is 1.11 bits per heavy atom. The van der Waals surface area contributed by atoms with Crippen molar-refractivity contribution < 1.29 is 29.2 Å². The molecule has 1 saturated carbocycles. The highest BCUT2D eigenvalue weighted by Crippen LogP contribution is 2.50. The van der Waals surface area contributed by atoms with Gasteiger partial charge >= 0.3 is 0 Å². The molecule has 1 aliphatic carbocycles. The van der Waals surface area contributed by atoms with Gasteiger partial charge in [-0.25, -0.2) is 13.4 Å². The molecule has 1 amide bonds. The molecule has 1 aliphatic heterocycles. The largest absolute Gasteiger partial charge is 0.493 e. The molecule has 5 rings (SSSR count). The first-order valence-electron chi connectivity index (χ1n) is 12.6. The summed E-state index contributed by atoms with van der Waals surface area (Å²) in [6.07, 6.45) is 2.83. The van der Waals surface area contributed by atoms with Crippen LogP contribution < -0.4 is 14.8 Å². The van der Waals surface area contributed by atoms with E-state index < -0.39 is 15.4 Å². The Bertz CT molecular complexity index is 1440. The Kier molecular flexibility index (Phi) is 7.13. The predicted molar refractivity (Wildman–Crippen MR) is 145 cm³/mol. The van der Waals surface area contributed by atoms with Crippen molar-refractivity contribution in [3.8, 4) is 22.8 Å². The number of nitrogens with zero attached hydrogens (tertiary/aromatic N) is 2. The van der Waals surface area contributed by atoms with Crippen LogP contribution in [0.25, 0.3) is 11.3 Å². The van der Waals surface area contributed by atoms with Gasteiger partial charge in [0.2, 0.25) is 15.9 Å². The fraction of sp³-hybridized carbons (Fsp3) is 0.357. The second-order valence-electron chi connectivity index (χ2n) is 9.63. The van der Waals surface area contributed by atoms with Crippen LogP contribution in [-0.4, -0.2) is 62.1 Å². The lowest BCUT2D eigenvalue weighted by molar-refractivity contribution is -0.118. The van der Waals surface area contributed by atoms with Gasteiger partial charge in [-0.2, -0.15) is 4.31 Å². The molecule has 2 fully saturated rings. The topological polar surface area (TPSA) is 118 Å². The van der Waals surface area contributed by atoms with Crippen molar-refractivity contribution in [1.82, 2.24) is 9.29 Å². The molecule has 0 unspecified atom stereocenters. The normalized spacial score (nSPS) is 18.7. The molecule has 38 heavy (non-hydrogen) atoms. The first kappa shape index (κ1) is 26.1. The molecule has 10 heteroatoms. The summed E-state index contributed by atoms with van der Waals surface area (Å²) in [6.45, 7) is 0.219. The van der Waals surface area contributed by atoms with Crippen molar-refractivity contribution in [3.63, 3.8) is 0 Å². The fourth-order valence-electron chi connectivity index (χ4n) is 5.05. The van der Waals surface area contributed by atoms with Crippen LogP contribution in [0.15, 0.2) is 65.6 Å². The molecule has 2 aliphatic rings. The van der Waals surface area contributed by atoms with E-state index in [1.165, 1.54) is 4.31 Å². The number of aliphatic hydroxyl groups excluding tert-OH is 1. The lowest BCUT2D eigenvalue weighted by atomic mass is 9.94. The van der Waals surface area contributed by atoms with E-state index in [0.717, 1.165) is 30.4 Å². The minimum absolute atomic E-state index is 0. The van der Waals surface area contributed by atoms with Gasteiger partial charge in [-0.3, -0.25) is 4.79 Å². The monoisotopic (exact) mass is 539 g/mol. The molecule has 1 saturated heterocycles. The van der Waals surface area contributed by atoms with Crippen molar-refractivity contribution in [2.45, 2.75) is 42.0 Å². The number of anilines is 1. The quantitative estimate of drug-likeness (QED) is 0.424. The molecule has 1 aromatic heterocycles. The molecule has 2 aromatic carbocycles. The van der Waals surface area contributed by atoms with Crippen molar-refractivity contribution in [2.24, 2.45) is 0 Å². The molecule has 9 nitrogen and oxygen atoms in total. The summed E-state index contributed by atoms with van der Waals surface area (Å²) in [5.74, 6) is 1.46. The number of nitrogens with one attached hydrogen (secondary N) is 1. The van der Waals surface area contributed by atoms with Gasteiger partial charge in [0, 0.05) is 19.6 Å². The third kappa shape index (κ3) is 4.75. The van der Waals surface area contributed by atoms with E-state index in [-0.39, 0.29) is 24.9 Å². The molecular formula is C28H33N3O6S. The van der Waals surface area contributed by atoms with Crippen molar-refractivity contribution in [2.75, 3.05) is 32.7 Å². The van der Waals surface area contributed by atoms with Gasteiger partial charge in [-0.15, -0.1) is 0 Å². The minimum Gasteiger partial charge on any atom is -0.493 e. The zero-order chi connectivity index (χ0) is 26.9. The number of carbonyl (C=O) groups is 1. The Morgan fingerprint density at radius 2 is 1.84 bits per heavy atom. The molecule has 2 heterocycles. The summed E-state index contributed by atoms with van der Waals surface area (Å²) in [7, 11) is -0.551. The first-order valence-corrected chi connectivity index (χ1v) is 14.0. The minimum atomic E-state index is -3.69. The lowest BCUT2D eigenvalue weighted by Gasteiger charge is -2.22. The number of methoxy groups -OCH3 is 2. The van der Waals surface area contributed by atoms with E-state index in [1.807, 2.05) is 18.2 Å². The summed E-state index contributed by atoms with van der Waals surface area (Å²) in [5.41, 5.74) is 1.55. The third-order valence-electron chi connectivity index (χ3n) is 7.40. The van der Waals surface area contributed by atoms with E-state index >= 15 is 0 Å². The standard InChI is InChI=1S/C28H31N3O6S.H2/c1-36-24-13-10-20(17-25(24)37-2)28(14-15-28)27(33)30-26-7-3-6-23(29-26)19-8-11-22(12-9-19)38(34,35)31-16-4-5-21(31)18-32;/h3,6-13,17,21,32H,4-5,14-16,18H2,1-2H3,(H,29,30,33);1H/t21-;/m1./s1. The number of aliphatic hydroxyl groups is 1. The number of pyridine rings is 1. The number of benzene rings is 2. The van der Waals surface area contributed by atoms with E-state index in [4.69, 9.17) is 9.47 Å². The Balaban J connectivity index is 0.00000353. The van der Waals surface area contributed by atoms with E-state index in [9.17, 15) is 18.3 Å². The number of ether oxygens (including phenoxy) is 2. The van der Waals surface area contributed by atoms with E-state index in [2.05, 4.69) is 10.3 Å². The SMILES string of the molecule is COc1ccc(C2(C(=O)Nc3cccc(-c4ccc(S(=O)(=O)N5CCC[C@@H]5CO)cc4)n3)CC2)cc1OC.[HH]. The molecule has 2 N–H and O–H groups in total. The number of sulfonamides is 1. The maximum absolute atomic E-state index is 13.3. The summed E-state index contributed by atoms with van der Waals surface area (Å²) in [4.78, 5) is 18.1. The van der Waals surface area contributed by atoms with Gasteiger partial charge in [-0.1, -0.05) is 24.3 Å². The second kappa shape index (κ2) is 10.4. The van der Waals surface area contributed by atoms with Crippen LogP contribution in [-0.2, 0) is 20.2 Å². The van der Waals surface area contributed by atoms with Crippen LogP contribution in [0.1, 0.15) is 32.7 Å². The highest BCUT2D eigenvalue weighted by Gasteiger charge is 2.51. The Hall–Kier alpha value is -3.47. The number of hydrogen-bond donors (Lipinski definition) is 2. The van der Waals surface area contributed by atoms with Crippen molar-refractivity contribution in [3.05, 3.63) is 66.2 Å². The highest BCUT2D eigenvalue weighted by molar-refractivity contribution is 7.89. The van der Waals surface area contributed by atoms with Crippen LogP contribution in [0.3, 0.4) is 0 Å². The van der Waals surface area contributed by atoms with Gasteiger partial charge < -0.3 is 19.9 Å². The smallest absolute Gasteiger partial charge is 0.243 e.